The Kier molecular flexibility index (Phi) is 5.26. The zero-order valence-corrected chi connectivity index (χ0v) is 12.5. The monoisotopic (exact) mass is 282 g/mol. The van der Waals surface area contributed by atoms with Gasteiger partial charge in [0.2, 0.25) is 0 Å². The SMILES string of the molecule is Cc1ccc(C(=O)CNC(c2ccccc2)C(C)N)cc1. The van der Waals surface area contributed by atoms with Crippen LogP contribution >= 0.6 is 0 Å². The number of carbonyl (C=O) groups excluding carboxylic acids is 1. The first-order valence-corrected chi connectivity index (χ1v) is 7.21. The highest BCUT2D eigenvalue weighted by atomic mass is 16.1. The van der Waals surface area contributed by atoms with Gasteiger partial charge in [0.15, 0.2) is 5.78 Å². The number of benzene rings is 2. The van der Waals surface area contributed by atoms with Gasteiger partial charge in [0.05, 0.1) is 6.54 Å². The molecule has 0 aromatic heterocycles. The van der Waals surface area contributed by atoms with E-state index < -0.39 is 0 Å². The molecule has 0 heterocycles. The van der Waals surface area contributed by atoms with Gasteiger partial charge in [-0.25, -0.2) is 0 Å². The summed E-state index contributed by atoms with van der Waals surface area (Å²) in [7, 11) is 0. The molecule has 0 amide bonds. The van der Waals surface area contributed by atoms with E-state index in [0.717, 1.165) is 16.7 Å². The van der Waals surface area contributed by atoms with E-state index in [1.807, 2.05) is 68.4 Å². The molecule has 0 bridgehead atoms. The van der Waals surface area contributed by atoms with E-state index in [1.165, 1.54) is 0 Å². The van der Waals surface area contributed by atoms with Crippen molar-refractivity contribution in [2.75, 3.05) is 6.54 Å². The van der Waals surface area contributed by atoms with Crippen molar-refractivity contribution in [3.05, 3.63) is 71.3 Å². The zero-order chi connectivity index (χ0) is 15.2. The van der Waals surface area contributed by atoms with Gasteiger partial charge in [-0.15, -0.1) is 0 Å². The molecule has 3 heteroatoms. The zero-order valence-electron chi connectivity index (χ0n) is 12.5. The topological polar surface area (TPSA) is 55.1 Å². The summed E-state index contributed by atoms with van der Waals surface area (Å²) in [5, 5.41) is 3.27. The van der Waals surface area contributed by atoms with E-state index in [0.29, 0.717) is 0 Å². The maximum absolute atomic E-state index is 12.2. The lowest BCUT2D eigenvalue weighted by Gasteiger charge is -2.22. The molecule has 2 aromatic carbocycles. The van der Waals surface area contributed by atoms with Crippen molar-refractivity contribution >= 4 is 5.78 Å². The van der Waals surface area contributed by atoms with Crippen LogP contribution in [0, 0.1) is 6.92 Å². The number of carbonyl (C=O) groups is 1. The van der Waals surface area contributed by atoms with Gasteiger partial charge in [0.25, 0.3) is 0 Å². The maximum atomic E-state index is 12.2. The Morgan fingerprint density at radius 2 is 1.71 bits per heavy atom. The Balaban J connectivity index is 2.02. The highest BCUT2D eigenvalue weighted by molar-refractivity contribution is 5.97. The number of Topliss-reactive ketones (excluding diaryl/α,β-unsaturated/α-hetero) is 1. The van der Waals surface area contributed by atoms with Crippen LogP contribution in [0.15, 0.2) is 54.6 Å². The van der Waals surface area contributed by atoms with Crippen molar-refractivity contribution in [3.8, 4) is 0 Å². The van der Waals surface area contributed by atoms with Crippen LogP contribution in [-0.4, -0.2) is 18.4 Å². The highest BCUT2D eigenvalue weighted by Crippen LogP contribution is 2.15. The minimum absolute atomic E-state index is 0.0272. The highest BCUT2D eigenvalue weighted by Gasteiger charge is 2.17. The molecule has 0 spiro atoms. The number of ketones is 1. The van der Waals surface area contributed by atoms with Crippen molar-refractivity contribution in [2.24, 2.45) is 5.73 Å². The molecule has 2 unspecified atom stereocenters. The molecule has 3 nitrogen and oxygen atoms in total. The van der Waals surface area contributed by atoms with E-state index in [2.05, 4.69) is 5.32 Å². The van der Waals surface area contributed by atoms with E-state index in [9.17, 15) is 4.79 Å². The predicted octanol–water partition coefficient (Wildman–Crippen LogP) is 2.86. The van der Waals surface area contributed by atoms with Crippen molar-refractivity contribution in [2.45, 2.75) is 25.9 Å². The molecule has 0 aliphatic carbocycles. The number of nitrogens with two attached hydrogens (primary N) is 1. The summed E-state index contributed by atoms with van der Waals surface area (Å²) in [6.07, 6.45) is 0. The molecule has 2 atom stereocenters. The molecule has 0 aliphatic heterocycles. The lowest BCUT2D eigenvalue weighted by molar-refractivity contribution is 0.0986. The second kappa shape index (κ2) is 7.16. The molecule has 0 radical (unpaired) electrons. The summed E-state index contributed by atoms with van der Waals surface area (Å²) in [6, 6.07) is 17.5. The smallest absolute Gasteiger partial charge is 0.176 e. The Morgan fingerprint density at radius 1 is 1.10 bits per heavy atom. The number of aryl methyl sites for hydroxylation is 1. The largest absolute Gasteiger partial charge is 0.326 e. The van der Waals surface area contributed by atoms with Gasteiger partial charge in [0.1, 0.15) is 0 Å². The normalized spacial score (nSPS) is 13.7. The summed E-state index contributed by atoms with van der Waals surface area (Å²) in [5.41, 5.74) is 9.02. The van der Waals surface area contributed by atoms with Gasteiger partial charge < -0.3 is 11.1 Å². The second-order valence-electron chi connectivity index (χ2n) is 5.42. The van der Waals surface area contributed by atoms with Crippen LogP contribution in [0.2, 0.25) is 0 Å². The Bertz CT molecular complexity index is 576. The fourth-order valence-electron chi connectivity index (χ4n) is 2.31. The van der Waals surface area contributed by atoms with Crippen LogP contribution < -0.4 is 11.1 Å². The summed E-state index contributed by atoms with van der Waals surface area (Å²) in [4.78, 5) is 12.2. The first kappa shape index (κ1) is 15.4. The minimum Gasteiger partial charge on any atom is -0.326 e. The fraction of sp³-hybridized carbons (Fsp3) is 0.278. The molecule has 2 aromatic rings. The van der Waals surface area contributed by atoms with E-state index >= 15 is 0 Å². The van der Waals surface area contributed by atoms with Crippen molar-refractivity contribution in [1.29, 1.82) is 0 Å². The summed E-state index contributed by atoms with van der Waals surface area (Å²) in [6.45, 7) is 4.24. The quantitative estimate of drug-likeness (QED) is 0.801. The van der Waals surface area contributed by atoms with Gasteiger partial charge in [-0.2, -0.15) is 0 Å². The van der Waals surface area contributed by atoms with Crippen LogP contribution in [0.5, 0.6) is 0 Å². The molecule has 110 valence electrons. The Labute approximate surface area is 126 Å². The van der Waals surface area contributed by atoms with Gasteiger partial charge >= 0.3 is 0 Å². The molecule has 0 saturated heterocycles. The Morgan fingerprint density at radius 3 is 2.29 bits per heavy atom. The van der Waals surface area contributed by atoms with Crippen LogP contribution in [-0.2, 0) is 0 Å². The first-order valence-electron chi connectivity index (χ1n) is 7.21. The number of nitrogens with one attached hydrogen (secondary N) is 1. The molecular formula is C18H22N2O. The molecule has 21 heavy (non-hydrogen) atoms. The van der Waals surface area contributed by atoms with Crippen LogP contribution in [0.25, 0.3) is 0 Å². The van der Waals surface area contributed by atoms with Crippen LogP contribution in [0.3, 0.4) is 0 Å². The maximum Gasteiger partial charge on any atom is 0.176 e. The molecule has 0 saturated carbocycles. The minimum atomic E-state index is -0.0711. The molecule has 3 N–H and O–H groups in total. The van der Waals surface area contributed by atoms with Gasteiger partial charge in [-0.3, -0.25) is 4.79 Å². The first-order chi connectivity index (χ1) is 10.1. The molecule has 0 fully saturated rings. The standard InChI is InChI=1S/C18H22N2O/c1-13-8-10-15(11-9-13)17(21)12-20-18(14(2)19)16-6-4-3-5-7-16/h3-11,14,18,20H,12,19H2,1-2H3. The van der Waals surface area contributed by atoms with Crippen molar-refractivity contribution < 1.29 is 4.79 Å². The lowest BCUT2D eigenvalue weighted by Crippen LogP contribution is -2.38. The van der Waals surface area contributed by atoms with Gasteiger partial charge in [-0.1, -0.05) is 60.2 Å². The van der Waals surface area contributed by atoms with Crippen molar-refractivity contribution in [3.63, 3.8) is 0 Å². The molecule has 2 rings (SSSR count). The molecular weight excluding hydrogens is 260 g/mol. The number of hydrogen-bond acceptors (Lipinski definition) is 3. The lowest BCUT2D eigenvalue weighted by atomic mass is 10.0. The third-order valence-electron chi connectivity index (χ3n) is 3.54. The van der Waals surface area contributed by atoms with E-state index in [-0.39, 0.29) is 24.4 Å². The second-order valence-corrected chi connectivity index (χ2v) is 5.42. The van der Waals surface area contributed by atoms with Crippen molar-refractivity contribution in [1.82, 2.24) is 5.32 Å². The predicted molar refractivity (Wildman–Crippen MR) is 86.3 cm³/mol. The molecule has 0 aliphatic rings. The Hall–Kier alpha value is -1.97. The average Bonchev–Trinajstić information content (AvgIpc) is 2.48. The van der Waals surface area contributed by atoms with Gasteiger partial charge in [-0.05, 0) is 19.4 Å². The third kappa shape index (κ3) is 4.25. The average molecular weight is 282 g/mol. The van der Waals surface area contributed by atoms with E-state index in [1.54, 1.807) is 0 Å². The van der Waals surface area contributed by atoms with Crippen LogP contribution in [0.1, 0.15) is 34.5 Å². The third-order valence-corrected chi connectivity index (χ3v) is 3.54. The van der Waals surface area contributed by atoms with Gasteiger partial charge in [0, 0.05) is 17.6 Å². The van der Waals surface area contributed by atoms with E-state index in [4.69, 9.17) is 5.73 Å². The summed E-state index contributed by atoms with van der Waals surface area (Å²) in [5.74, 6) is 0.0802. The summed E-state index contributed by atoms with van der Waals surface area (Å²) < 4.78 is 0. The summed E-state index contributed by atoms with van der Waals surface area (Å²) >= 11 is 0. The van der Waals surface area contributed by atoms with Crippen LogP contribution in [0.4, 0.5) is 0 Å². The fourth-order valence-corrected chi connectivity index (χ4v) is 2.31. The number of rotatable bonds is 6. The number of hydrogen-bond donors (Lipinski definition) is 2.